The molecule has 0 spiro atoms. The van der Waals surface area contributed by atoms with Crippen LogP contribution in [0, 0.1) is 6.92 Å². The maximum atomic E-state index is 13.4. The maximum absolute atomic E-state index is 13.4. The molecule has 0 unspecified atom stereocenters. The lowest BCUT2D eigenvalue weighted by Gasteiger charge is -2.31. The monoisotopic (exact) mass is 585 g/mol. The first-order valence-corrected chi connectivity index (χ1v) is 21.3. The van der Waals surface area contributed by atoms with Gasteiger partial charge in [-0.15, -0.1) is 0 Å². The van der Waals surface area contributed by atoms with Crippen molar-refractivity contribution < 1.29 is 9.53 Å². The number of hydrogen-bond acceptors (Lipinski definition) is 4. The lowest BCUT2D eigenvalue weighted by atomic mass is 10.1. The van der Waals surface area contributed by atoms with E-state index < -0.39 is 16.1 Å². The van der Waals surface area contributed by atoms with Gasteiger partial charge < -0.3 is 10.1 Å². The van der Waals surface area contributed by atoms with Gasteiger partial charge >= 0.3 is 6.03 Å². The zero-order valence-corrected chi connectivity index (χ0v) is 27.3. The molecule has 1 aromatic heterocycles. The second-order valence-corrected chi connectivity index (χ2v) is 22.6. The standard InChI is InChI=1S/C32H43N5O2Si2/c1-24-11-13-25(14-12-24)37-30(23-31(35-37)40(2,3)4)34-32(38)33-28-15-16-29(27-10-8-7-9-26(27)28)41(5,6)22-19-36-17-20-39-21-18-36/h7-16,23H,17-22H2,1-6H3,(H2,33,34,38). The first-order valence-electron chi connectivity index (χ1n) is 14.6. The third kappa shape index (κ3) is 6.81. The Bertz CT molecular complexity index is 1520. The highest BCUT2D eigenvalue weighted by atomic mass is 28.3. The van der Waals surface area contributed by atoms with Gasteiger partial charge in [0.15, 0.2) is 0 Å². The minimum atomic E-state index is -1.73. The van der Waals surface area contributed by atoms with Gasteiger partial charge in [-0.1, -0.05) is 85.9 Å². The molecule has 4 aromatic rings. The van der Waals surface area contributed by atoms with Gasteiger partial charge in [0.05, 0.1) is 32.7 Å². The number of urea groups is 1. The van der Waals surface area contributed by atoms with Gasteiger partial charge in [-0.05, 0) is 49.2 Å². The van der Waals surface area contributed by atoms with Gasteiger partial charge in [0.1, 0.15) is 13.9 Å². The molecule has 2 amide bonds. The Kier molecular flexibility index (Phi) is 8.51. The van der Waals surface area contributed by atoms with E-state index in [-0.39, 0.29) is 6.03 Å². The Morgan fingerprint density at radius 1 is 0.902 bits per heavy atom. The van der Waals surface area contributed by atoms with Crippen molar-refractivity contribution in [1.29, 1.82) is 0 Å². The van der Waals surface area contributed by atoms with E-state index in [2.05, 4.69) is 97.7 Å². The molecule has 0 atom stereocenters. The van der Waals surface area contributed by atoms with Crippen molar-refractivity contribution >= 4 is 55.0 Å². The average molecular weight is 586 g/mol. The summed E-state index contributed by atoms with van der Waals surface area (Å²) in [6.07, 6.45) is 0. The fourth-order valence-corrected chi connectivity index (χ4v) is 8.98. The predicted molar refractivity (Wildman–Crippen MR) is 177 cm³/mol. The molecular formula is C32H43N5O2Si2. The minimum Gasteiger partial charge on any atom is -0.379 e. The van der Waals surface area contributed by atoms with Crippen LogP contribution in [0.4, 0.5) is 16.3 Å². The summed E-state index contributed by atoms with van der Waals surface area (Å²) in [5.74, 6) is 0.668. The molecule has 2 heterocycles. The molecule has 2 N–H and O–H groups in total. The maximum Gasteiger partial charge on any atom is 0.324 e. The van der Waals surface area contributed by atoms with Crippen LogP contribution >= 0.6 is 0 Å². The number of aryl methyl sites for hydroxylation is 1. The molecular weight excluding hydrogens is 543 g/mol. The van der Waals surface area contributed by atoms with Crippen molar-refractivity contribution in [2.24, 2.45) is 0 Å². The Balaban J connectivity index is 1.38. The van der Waals surface area contributed by atoms with E-state index in [1.54, 1.807) is 0 Å². The van der Waals surface area contributed by atoms with E-state index in [4.69, 9.17) is 9.84 Å². The number of ether oxygens (including phenoxy) is 1. The summed E-state index contributed by atoms with van der Waals surface area (Å²) in [5, 5.41) is 15.9. The molecule has 1 saturated heterocycles. The number of hydrogen-bond donors (Lipinski definition) is 2. The topological polar surface area (TPSA) is 71.4 Å². The van der Waals surface area contributed by atoms with Gasteiger partial charge in [-0.3, -0.25) is 10.2 Å². The number of rotatable bonds is 8. The van der Waals surface area contributed by atoms with E-state index in [0.717, 1.165) is 54.9 Å². The minimum absolute atomic E-state index is 0.276. The molecule has 41 heavy (non-hydrogen) atoms. The quantitative estimate of drug-likeness (QED) is 0.258. The molecule has 0 bridgehead atoms. The van der Waals surface area contributed by atoms with Crippen molar-refractivity contribution in [1.82, 2.24) is 14.7 Å². The van der Waals surface area contributed by atoms with Crippen LogP contribution in [0.15, 0.2) is 66.7 Å². The number of carbonyl (C=O) groups is 1. The highest BCUT2D eigenvalue weighted by Crippen LogP contribution is 2.26. The van der Waals surface area contributed by atoms with Crippen LogP contribution in [0.1, 0.15) is 5.56 Å². The third-order valence-electron chi connectivity index (χ3n) is 8.06. The van der Waals surface area contributed by atoms with Crippen LogP contribution < -0.4 is 21.1 Å². The van der Waals surface area contributed by atoms with Crippen LogP contribution in [0.3, 0.4) is 0 Å². The third-order valence-corrected chi connectivity index (χ3v) is 13.2. The summed E-state index contributed by atoms with van der Waals surface area (Å²) in [6.45, 7) is 18.6. The number of amides is 2. The number of nitrogens with one attached hydrogen (secondary N) is 2. The number of fused-ring (bicyclic) bond motifs is 1. The summed E-state index contributed by atoms with van der Waals surface area (Å²) >= 11 is 0. The number of morpholine rings is 1. The summed E-state index contributed by atoms with van der Waals surface area (Å²) in [4.78, 5) is 15.9. The number of benzene rings is 3. The Morgan fingerprint density at radius 2 is 1.59 bits per heavy atom. The van der Waals surface area contributed by atoms with Gasteiger partial charge in [0, 0.05) is 23.8 Å². The molecule has 1 aliphatic heterocycles. The first-order chi connectivity index (χ1) is 19.5. The lowest BCUT2D eigenvalue weighted by molar-refractivity contribution is 0.0403. The summed E-state index contributed by atoms with van der Waals surface area (Å²) in [5.41, 5.74) is 2.92. The Morgan fingerprint density at radius 3 is 2.27 bits per heavy atom. The predicted octanol–water partition coefficient (Wildman–Crippen LogP) is 5.77. The van der Waals surface area contributed by atoms with Gasteiger partial charge in [-0.2, -0.15) is 5.10 Å². The zero-order valence-electron chi connectivity index (χ0n) is 25.3. The lowest BCUT2D eigenvalue weighted by Crippen LogP contribution is -2.46. The normalized spacial score (nSPS) is 14.8. The average Bonchev–Trinajstić information content (AvgIpc) is 3.37. The smallest absolute Gasteiger partial charge is 0.324 e. The van der Waals surface area contributed by atoms with Crippen molar-refractivity contribution in [3.63, 3.8) is 0 Å². The van der Waals surface area contributed by atoms with E-state index in [1.807, 2.05) is 28.9 Å². The van der Waals surface area contributed by atoms with Crippen molar-refractivity contribution in [3.8, 4) is 5.69 Å². The SMILES string of the molecule is Cc1ccc(-n2nc([Si](C)(C)C)cc2NC(=O)Nc2ccc([Si](C)(C)CCN3CCOCC3)c3ccccc23)cc1. The van der Waals surface area contributed by atoms with Gasteiger partial charge in [0.25, 0.3) is 0 Å². The number of nitrogens with zero attached hydrogens (tertiary/aromatic N) is 3. The highest BCUT2D eigenvalue weighted by molar-refractivity contribution is 6.91. The molecule has 7 nitrogen and oxygen atoms in total. The summed E-state index contributed by atoms with van der Waals surface area (Å²) in [6, 6.07) is 23.9. The molecule has 216 valence electrons. The molecule has 0 aliphatic carbocycles. The van der Waals surface area contributed by atoms with Crippen molar-refractivity contribution in [2.45, 2.75) is 45.7 Å². The van der Waals surface area contributed by atoms with Crippen LogP contribution in [-0.4, -0.2) is 69.7 Å². The summed E-state index contributed by atoms with van der Waals surface area (Å²) < 4.78 is 7.38. The Labute approximate surface area is 245 Å². The van der Waals surface area contributed by atoms with Crippen molar-refractivity contribution in [3.05, 3.63) is 72.3 Å². The van der Waals surface area contributed by atoms with E-state index in [9.17, 15) is 4.79 Å². The molecule has 1 fully saturated rings. The second kappa shape index (κ2) is 11.9. The fourth-order valence-electron chi connectivity index (χ4n) is 5.38. The van der Waals surface area contributed by atoms with E-state index in [0.29, 0.717) is 5.82 Å². The van der Waals surface area contributed by atoms with Crippen LogP contribution in [0.5, 0.6) is 0 Å². The van der Waals surface area contributed by atoms with E-state index in [1.165, 1.54) is 22.2 Å². The van der Waals surface area contributed by atoms with Gasteiger partial charge in [-0.25, -0.2) is 9.48 Å². The first kappa shape index (κ1) is 29.3. The van der Waals surface area contributed by atoms with Gasteiger partial charge in [0.2, 0.25) is 0 Å². The zero-order chi connectivity index (χ0) is 29.2. The number of anilines is 2. The van der Waals surface area contributed by atoms with E-state index >= 15 is 0 Å². The van der Waals surface area contributed by atoms with Crippen LogP contribution in [-0.2, 0) is 4.74 Å². The van der Waals surface area contributed by atoms with Crippen LogP contribution in [0.2, 0.25) is 38.8 Å². The fraction of sp³-hybridized carbons (Fsp3) is 0.375. The number of carbonyl (C=O) groups excluding carboxylic acids is 1. The molecule has 0 radical (unpaired) electrons. The number of aromatic nitrogens is 2. The van der Waals surface area contributed by atoms with Crippen LogP contribution in [0.25, 0.3) is 16.5 Å². The molecule has 3 aromatic carbocycles. The van der Waals surface area contributed by atoms with Crippen molar-refractivity contribution in [2.75, 3.05) is 43.5 Å². The molecule has 0 saturated carbocycles. The molecule has 1 aliphatic rings. The molecule has 9 heteroatoms. The largest absolute Gasteiger partial charge is 0.379 e. The Hall–Kier alpha value is -3.25. The molecule has 5 rings (SSSR count). The second-order valence-electron chi connectivity index (χ2n) is 12.8. The summed E-state index contributed by atoms with van der Waals surface area (Å²) in [7, 11) is -3.44. The highest BCUT2D eigenvalue weighted by Gasteiger charge is 2.28.